The second-order valence-corrected chi connectivity index (χ2v) is 7.00. The normalized spacial score (nSPS) is 22.2. The van der Waals surface area contributed by atoms with E-state index in [4.69, 9.17) is 11.6 Å². The van der Waals surface area contributed by atoms with Crippen molar-refractivity contribution in [2.45, 2.75) is 25.9 Å². The summed E-state index contributed by atoms with van der Waals surface area (Å²) in [4.78, 5) is 11.9. The predicted molar refractivity (Wildman–Crippen MR) is 96.9 cm³/mol. The van der Waals surface area contributed by atoms with Gasteiger partial charge in [-0.2, -0.15) is 0 Å². The highest BCUT2D eigenvalue weighted by molar-refractivity contribution is 6.29. The highest BCUT2D eigenvalue weighted by atomic mass is 35.5. The molecule has 0 bridgehead atoms. The molecule has 0 aromatic heterocycles. The van der Waals surface area contributed by atoms with Crippen LogP contribution in [-0.4, -0.2) is 18.6 Å². The first-order chi connectivity index (χ1) is 11.6. The first-order valence-corrected chi connectivity index (χ1v) is 8.68. The average Bonchev–Trinajstić information content (AvgIpc) is 3.39. The van der Waals surface area contributed by atoms with E-state index in [1.807, 2.05) is 12.3 Å². The summed E-state index contributed by atoms with van der Waals surface area (Å²) in [5.74, 6) is 0.368. The number of benzene rings is 1. The van der Waals surface area contributed by atoms with Crippen molar-refractivity contribution in [3.05, 3.63) is 51.0 Å². The average molecular weight is 342 g/mol. The minimum atomic E-state index is -0.129. The van der Waals surface area contributed by atoms with Gasteiger partial charge in [-0.15, -0.1) is 0 Å². The summed E-state index contributed by atoms with van der Waals surface area (Å²) < 4.78 is 0. The summed E-state index contributed by atoms with van der Waals surface area (Å²) in [6.07, 6.45) is 7.90. The number of fused-ring (bicyclic) bond motifs is 1. The van der Waals surface area contributed by atoms with Gasteiger partial charge < -0.3 is 16.0 Å². The molecule has 0 radical (unpaired) electrons. The molecule has 4 nitrogen and oxygen atoms in total. The smallest absolute Gasteiger partial charge is 0.224 e. The molecule has 1 fully saturated rings. The molecule has 3 aliphatic rings. The number of allylic oxidation sites excluding steroid dienone is 2. The third-order valence-electron chi connectivity index (χ3n) is 4.70. The molecule has 2 heterocycles. The Hall–Kier alpha value is -2.20. The van der Waals surface area contributed by atoms with Crippen molar-refractivity contribution < 1.29 is 4.79 Å². The van der Waals surface area contributed by atoms with Crippen molar-refractivity contribution in [2.75, 3.05) is 6.54 Å². The number of rotatable bonds is 3. The summed E-state index contributed by atoms with van der Waals surface area (Å²) in [6, 6.07) is 6.41. The molecule has 2 aliphatic heterocycles. The molecule has 124 valence electrons. The van der Waals surface area contributed by atoms with Crippen LogP contribution < -0.4 is 26.4 Å². The molecule has 1 unspecified atom stereocenters. The molecule has 0 saturated heterocycles. The van der Waals surface area contributed by atoms with Gasteiger partial charge in [0.2, 0.25) is 5.91 Å². The molecule has 1 atom stereocenters. The van der Waals surface area contributed by atoms with E-state index in [2.05, 4.69) is 47.1 Å². The number of carbonyl (C=O) groups excluding carboxylic acids is 1. The van der Waals surface area contributed by atoms with E-state index >= 15 is 0 Å². The van der Waals surface area contributed by atoms with Crippen molar-refractivity contribution in [2.24, 2.45) is 5.92 Å². The largest absolute Gasteiger partial charge is 0.372 e. The Morgan fingerprint density at radius 1 is 1.29 bits per heavy atom. The lowest BCUT2D eigenvalue weighted by Gasteiger charge is -2.20. The summed E-state index contributed by atoms with van der Waals surface area (Å²) in [6.45, 7) is 2.81. The molecule has 1 amide bonds. The SMILES string of the molecule is CC1=C(c2ccc3c(c2)=CNC(NC(=O)C2CC2)C=3)CNC(Cl)=C1. The maximum Gasteiger partial charge on any atom is 0.224 e. The number of carbonyl (C=O) groups is 1. The Kier molecular flexibility index (Phi) is 3.85. The van der Waals surface area contributed by atoms with Gasteiger partial charge in [0.25, 0.3) is 0 Å². The summed E-state index contributed by atoms with van der Waals surface area (Å²) in [7, 11) is 0. The third-order valence-corrected chi connectivity index (χ3v) is 4.94. The van der Waals surface area contributed by atoms with Crippen LogP contribution in [0.1, 0.15) is 25.3 Å². The van der Waals surface area contributed by atoms with E-state index in [0.29, 0.717) is 5.16 Å². The van der Waals surface area contributed by atoms with E-state index in [1.165, 1.54) is 16.7 Å². The maximum atomic E-state index is 11.9. The van der Waals surface area contributed by atoms with Gasteiger partial charge in [0.1, 0.15) is 11.3 Å². The van der Waals surface area contributed by atoms with Crippen LogP contribution in [0.4, 0.5) is 0 Å². The molecule has 4 rings (SSSR count). The fourth-order valence-corrected chi connectivity index (χ4v) is 3.35. The van der Waals surface area contributed by atoms with Gasteiger partial charge >= 0.3 is 0 Å². The Morgan fingerprint density at radius 3 is 2.88 bits per heavy atom. The fraction of sp³-hybridized carbons (Fsp3) is 0.316. The van der Waals surface area contributed by atoms with Crippen LogP contribution in [0.5, 0.6) is 0 Å². The van der Waals surface area contributed by atoms with Crippen molar-refractivity contribution in [3.63, 3.8) is 0 Å². The molecule has 1 saturated carbocycles. The van der Waals surface area contributed by atoms with Gasteiger partial charge in [-0.1, -0.05) is 23.7 Å². The van der Waals surface area contributed by atoms with Crippen LogP contribution in [0, 0.1) is 5.92 Å². The Morgan fingerprint density at radius 2 is 2.12 bits per heavy atom. The lowest BCUT2D eigenvalue weighted by molar-refractivity contribution is -0.122. The summed E-state index contributed by atoms with van der Waals surface area (Å²) >= 11 is 6.02. The Labute approximate surface area is 146 Å². The molecular weight excluding hydrogens is 322 g/mol. The Balaban J connectivity index is 1.61. The Bertz CT molecular complexity index is 880. The van der Waals surface area contributed by atoms with Crippen LogP contribution in [0.15, 0.2) is 35.0 Å². The lowest BCUT2D eigenvalue weighted by Crippen LogP contribution is -2.48. The van der Waals surface area contributed by atoms with E-state index in [1.54, 1.807) is 0 Å². The van der Waals surface area contributed by atoms with Crippen LogP contribution >= 0.6 is 11.6 Å². The maximum absolute atomic E-state index is 11.9. The number of dihydropyridines is 1. The number of amides is 1. The first-order valence-electron chi connectivity index (χ1n) is 8.30. The number of nitrogens with one attached hydrogen (secondary N) is 3. The molecule has 1 aromatic rings. The standard InChI is InChI=1S/C19H20ClN3O/c1-11-6-17(20)21-10-16(11)14-5-4-13-8-18(22-9-15(13)7-14)23-19(24)12-2-3-12/h4-9,12,18,21-22H,2-3,10H2,1H3,(H,23,24). The highest BCUT2D eigenvalue weighted by Gasteiger charge is 2.30. The summed E-state index contributed by atoms with van der Waals surface area (Å²) in [5, 5.41) is 12.4. The van der Waals surface area contributed by atoms with Crippen molar-refractivity contribution in [3.8, 4) is 0 Å². The van der Waals surface area contributed by atoms with Crippen molar-refractivity contribution in [1.82, 2.24) is 16.0 Å². The second-order valence-electron chi connectivity index (χ2n) is 6.59. The van der Waals surface area contributed by atoms with Gasteiger partial charge in [-0.3, -0.25) is 4.79 Å². The minimum Gasteiger partial charge on any atom is -0.372 e. The van der Waals surface area contributed by atoms with Crippen LogP contribution in [0.2, 0.25) is 0 Å². The fourth-order valence-electron chi connectivity index (χ4n) is 3.12. The van der Waals surface area contributed by atoms with Crippen LogP contribution in [-0.2, 0) is 4.79 Å². The number of hydrogen-bond acceptors (Lipinski definition) is 3. The van der Waals surface area contributed by atoms with Gasteiger partial charge in [0.05, 0.1) is 0 Å². The zero-order valence-corrected chi connectivity index (χ0v) is 14.3. The monoisotopic (exact) mass is 341 g/mol. The van der Waals surface area contributed by atoms with E-state index in [9.17, 15) is 4.79 Å². The summed E-state index contributed by atoms with van der Waals surface area (Å²) in [5.41, 5.74) is 3.62. The van der Waals surface area contributed by atoms with E-state index in [0.717, 1.165) is 29.8 Å². The van der Waals surface area contributed by atoms with Gasteiger partial charge in [0.15, 0.2) is 0 Å². The topological polar surface area (TPSA) is 53.2 Å². The van der Waals surface area contributed by atoms with Crippen molar-refractivity contribution >= 4 is 35.4 Å². The predicted octanol–water partition coefficient (Wildman–Crippen LogP) is 1.12. The highest BCUT2D eigenvalue weighted by Crippen LogP contribution is 2.28. The molecule has 24 heavy (non-hydrogen) atoms. The molecule has 1 aliphatic carbocycles. The zero-order chi connectivity index (χ0) is 16.7. The quantitative estimate of drug-likeness (QED) is 0.722. The number of halogens is 1. The molecule has 3 N–H and O–H groups in total. The number of hydrogen-bond donors (Lipinski definition) is 3. The lowest BCUT2D eigenvalue weighted by atomic mass is 9.97. The molecule has 1 aromatic carbocycles. The van der Waals surface area contributed by atoms with Crippen LogP contribution in [0.3, 0.4) is 0 Å². The zero-order valence-electron chi connectivity index (χ0n) is 13.5. The second kappa shape index (κ2) is 6.02. The van der Waals surface area contributed by atoms with E-state index in [-0.39, 0.29) is 18.0 Å². The van der Waals surface area contributed by atoms with Gasteiger partial charge in [-0.05, 0) is 65.1 Å². The van der Waals surface area contributed by atoms with Crippen LogP contribution in [0.25, 0.3) is 17.8 Å². The third kappa shape index (κ3) is 3.06. The van der Waals surface area contributed by atoms with Gasteiger partial charge in [-0.25, -0.2) is 0 Å². The first kappa shape index (κ1) is 15.3. The molecule has 0 spiro atoms. The molecule has 5 heteroatoms. The molecular formula is C19H20ClN3O. The van der Waals surface area contributed by atoms with Crippen molar-refractivity contribution in [1.29, 1.82) is 0 Å². The minimum absolute atomic E-state index is 0.129. The van der Waals surface area contributed by atoms with Gasteiger partial charge in [0, 0.05) is 18.7 Å². The van der Waals surface area contributed by atoms with E-state index < -0.39 is 0 Å².